The van der Waals surface area contributed by atoms with Gasteiger partial charge >= 0.3 is 6.09 Å². The van der Waals surface area contributed by atoms with Gasteiger partial charge in [0.25, 0.3) is 0 Å². The van der Waals surface area contributed by atoms with Crippen molar-refractivity contribution in [3.63, 3.8) is 0 Å². The molecule has 2 amide bonds. The highest BCUT2D eigenvalue weighted by atomic mass is 19.1. The van der Waals surface area contributed by atoms with E-state index in [4.69, 9.17) is 4.74 Å². The second kappa shape index (κ2) is 12.1. The Kier molecular flexibility index (Phi) is 10.1. The third-order valence-electron chi connectivity index (χ3n) is 7.21. The number of carbonyl (C=O) groups excluding carboxylic acids is 2. The zero-order chi connectivity index (χ0) is 23.0. The van der Waals surface area contributed by atoms with Crippen LogP contribution in [-0.4, -0.2) is 47.8 Å². The van der Waals surface area contributed by atoms with Gasteiger partial charge in [0.15, 0.2) is 0 Å². The first-order valence-electron chi connectivity index (χ1n) is 12.5. The van der Waals surface area contributed by atoms with E-state index in [0.717, 1.165) is 31.7 Å². The second-order valence-electron chi connectivity index (χ2n) is 10.7. The van der Waals surface area contributed by atoms with Gasteiger partial charge in [-0.3, -0.25) is 4.79 Å². The molecule has 1 saturated carbocycles. The molecule has 2 aliphatic rings. The predicted octanol–water partition coefficient (Wildman–Crippen LogP) is 5.86. The Bertz CT molecular complexity index is 572. The van der Waals surface area contributed by atoms with Crippen molar-refractivity contribution in [1.82, 2.24) is 10.2 Å². The summed E-state index contributed by atoms with van der Waals surface area (Å²) in [6.45, 7) is 9.90. The average Bonchev–Trinajstić information content (AvgIpc) is 3.10. The molecule has 180 valence electrons. The summed E-state index contributed by atoms with van der Waals surface area (Å²) in [5.41, 5.74) is -0.605. The summed E-state index contributed by atoms with van der Waals surface area (Å²) < 4.78 is 18.6. The number of hydrogen-bond acceptors (Lipinski definition) is 3. The Balaban J connectivity index is 1.81. The van der Waals surface area contributed by atoms with Gasteiger partial charge in [-0.2, -0.15) is 0 Å². The van der Waals surface area contributed by atoms with Crippen molar-refractivity contribution in [2.45, 2.75) is 117 Å². The summed E-state index contributed by atoms with van der Waals surface area (Å²) in [5.74, 6) is 1.68. The Morgan fingerprint density at radius 2 is 1.81 bits per heavy atom. The number of hydrogen-bond donors (Lipinski definition) is 1. The Morgan fingerprint density at radius 1 is 1.13 bits per heavy atom. The van der Waals surface area contributed by atoms with Crippen molar-refractivity contribution < 1.29 is 18.7 Å². The fourth-order valence-electron chi connectivity index (χ4n) is 5.48. The molecule has 1 aliphatic heterocycles. The van der Waals surface area contributed by atoms with Crippen molar-refractivity contribution in [3.8, 4) is 0 Å². The molecule has 5 nitrogen and oxygen atoms in total. The van der Waals surface area contributed by atoms with E-state index in [2.05, 4.69) is 24.1 Å². The molecule has 4 atom stereocenters. The lowest BCUT2D eigenvalue weighted by Gasteiger charge is -2.33. The summed E-state index contributed by atoms with van der Waals surface area (Å²) in [5, 5.41) is 2.62. The number of likely N-dealkylation sites (tertiary alicyclic amines) is 1. The van der Waals surface area contributed by atoms with Gasteiger partial charge in [0.1, 0.15) is 12.3 Å². The zero-order valence-corrected chi connectivity index (χ0v) is 20.4. The van der Waals surface area contributed by atoms with Gasteiger partial charge in [0.05, 0.1) is 6.04 Å². The molecule has 1 aliphatic carbocycles. The van der Waals surface area contributed by atoms with Gasteiger partial charge in [-0.05, 0) is 65.2 Å². The molecule has 1 saturated heterocycles. The first-order valence-corrected chi connectivity index (χ1v) is 12.5. The minimum absolute atomic E-state index is 0.0191. The zero-order valence-electron chi connectivity index (χ0n) is 20.4. The maximum atomic E-state index is 13.4. The number of rotatable bonds is 9. The molecule has 0 radical (unpaired) electrons. The van der Waals surface area contributed by atoms with Crippen LogP contribution in [0.4, 0.5) is 9.18 Å². The van der Waals surface area contributed by atoms with Gasteiger partial charge < -0.3 is 15.0 Å². The van der Waals surface area contributed by atoms with Crippen LogP contribution in [0.5, 0.6) is 0 Å². The highest BCUT2D eigenvalue weighted by Crippen LogP contribution is 2.39. The van der Waals surface area contributed by atoms with E-state index in [1.54, 1.807) is 20.8 Å². The van der Waals surface area contributed by atoms with Crippen molar-refractivity contribution in [1.29, 1.82) is 0 Å². The van der Waals surface area contributed by atoms with Crippen LogP contribution in [0.2, 0.25) is 0 Å². The number of nitrogens with zero attached hydrogens (tertiary/aromatic N) is 1. The summed E-state index contributed by atoms with van der Waals surface area (Å²) in [6.07, 6.45) is 10.0. The fourth-order valence-corrected chi connectivity index (χ4v) is 5.48. The Labute approximate surface area is 188 Å². The topological polar surface area (TPSA) is 58.6 Å². The first kappa shape index (κ1) is 25.9. The molecule has 0 aromatic heterocycles. The van der Waals surface area contributed by atoms with E-state index in [9.17, 15) is 14.0 Å². The number of amides is 2. The molecule has 0 aromatic carbocycles. The Hall–Kier alpha value is -1.33. The summed E-state index contributed by atoms with van der Waals surface area (Å²) in [4.78, 5) is 27.3. The highest BCUT2D eigenvalue weighted by Gasteiger charge is 2.39. The summed E-state index contributed by atoms with van der Waals surface area (Å²) >= 11 is 0. The lowest BCUT2D eigenvalue weighted by molar-refractivity contribution is -0.137. The molecule has 2 rings (SSSR count). The first-order chi connectivity index (χ1) is 14.7. The van der Waals surface area contributed by atoms with Crippen LogP contribution in [0.1, 0.15) is 98.8 Å². The Morgan fingerprint density at radius 3 is 2.39 bits per heavy atom. The van der Waals surface area contributed by atoms with Crippen LogP contribution in [0.15, 0.2) is 0 Å². The quantitative estimate of drug-likeness (QED) is 0.488. The normalized spacial score (nSPS) is 24.6. The van der Waals surface area contributed by atoms with Crippen LogP contribution < -0.4 is 5.32 Å². The van der Waals surface area contributed by atoms with Crippen LogP contribution in [0.3, 0.4) is 0 Å². The van der Waals surface area contributed by atoms with Gasteiger partial charge in [-0.1, -0.05) is 45.4 Å². The number of carbonyl (C=O) groups is 2. The van der Waals surface area contributed by atoms with E-state index in [1.807, 2.05) is 0 Å². The fraction of sp³-hybridized carbons (Fsp3) is 0.920. The maximum Gasteiger partial charge on any atom is 0.407 e. The van der Waals surface area contributed by atoms with Crippen molar-refractivity contribution in [2.24, 2.45) is 17.8 Å². The summed E-state index contributed by atoms with van der Waals surface area (Å²) in [6, 6.07) is -0.235. The third kappa shape index (κ3) is 7.94. The van der Waals surface area contributed by atoms with E-state index in [-0.39, 0.29) is 11.8 Å². The minimum atomic E-state index is -0.629. The molecule has 6 heteroatoms. The van der Waals surface area contributed by atoms with Crippen molar-refractivity contribution in [2.75, 3.05) is 13.2 Å². The van der Waals surface area contributed by atoms with Gasteiger partial charge in [-0.25, -0.2) is 9.18 Å². The minimum Gasteiger partial charge on any atom is -0.444 e. The van der Waals surface area contributed by atoms with Crippen molar-refractivity contribution >= 4 is 12.0 Å². The average molecular weight is 441 g/mol. The van der Waals surface area contributed by atoms with Crippen LogP contribution >= 0.6 is 0 Å². The molecule has 1 heterocycles. The number of ether oxygens (including phenoxy) is 1. The predicted molar refractivity (Wildman–Crippen MR) is 123 cm³/mol. The third-order valence-corrected chi connectivity index (χ3v) is 7.21. The van der Waals surface area contributed by atoms with Gasteiger partial charge in [-0.15, -0.1) is 0 Å². The molecule has 0 bridgehead atoms. The van der Waals surface area contributed by atoms with Crippen LogP contribution in [-0.2, 0) is 9.53 Å². The van der Waals surface area contributed by atoms with Gasteiger partial charge in [0.2, 0.25) is 5.91 Å². The SMILES string of the molecule is CCC(CCCC(CF)NC(=O)OC(C)(C)C)C(=O)N1CCC(C2CCCCC2)C1C. The molecule has 2 fully saturated rings. The molecule has 0 aromatic rings. The molecule has 0 spiro atoms. The van der Waals surface area contributed by atoms with E-state index in [1.165, 1.54) is 32.1 Å². The lowest BCUT2D eigenvalue weighted by Crippen LogP contribution is -2.41. The molecule has 4 unspecified atom stereocenters. The van der Waals surface area contributed by atoms with Gasteiger partial charge in [0, 0.05) is 18.5 Å². The highest BCUT2D eigenvalue weighted by molar-refractivity contribution is 5.79. The van der Waals surface area contributed by atoms with Crippen molar-refractivity contribution in [3.05, 3.63) is 0 Å². The second-order valence-corrected chi connectivity index (χ2v) is 10.7. The molecule has 31 heavy (non-hydrogen) atoms. The number of alkyl carbamates (subject to hydrolysis) is 1. The monoisotopic (exact) mass is 440 g/mol. The summed E-state index contributed by atoms with van der Waals surface area (Å²) in [7, 11) is 0. The van der Waals surface area contributed by atoms with E-state index in [0.29, 0.717) is 24.8 Å². The number of halogens is 1. The maximum absolute atomic E-state index is 13.4. The smallest absolute Gasteiger partial charge is 0.407 e. The van der Waals surface area contributed by atoms with Crippen LogP contribution in [0.25, 0.3) is 0 Å². The largest absolute Gasteiger partial charge is 0.444 e. The van der Waals surface area contributed by atoms with E-state index < -0.39 is 24.4 Å². The van der Waals surface area contributed by atoms with Crippen LogP contribution in [0, 0.1) is 17.8 Å². The molecule has 1 N–H and O–H groups in total. The molecular formula is C25H45FN2O3. The lowest BCUT2D eigenvalue weighted by atomic mass is 9.77. The van der Waals surface area contributed by atoms with E-state index >= 15 is 0 Å². The number of alkyl halides is 1. The standard InChI is InChI=1S/C25H45FN2O3/c1-6-19(13-10-14-21(17-26)27-24(30)31-25(3,4)5)23(29)28-16-15-22(18(28)2)20-11-8-7-9-12-20/h18-22H,6-17H2,1-5H3,(H,27,30). The number of nitrogens with one attached hydrogen (secondary N) is 1. The molecular weight excluding hydrogens is 395 g/mol.